The molecule has 4 nitrogen and oxygen atoms in total. The van der Waals surface area contributed by atoms with Crippen molar-refractivity contribution in [3.63, 3.8) is 0 Å². The number of benzene rings is 1. The van der Waals surface area contributed by atoms with Gasteiger partial charge in [0.25, 0.3) is 5.91 Å². The molecule has 0 spiro atoms. The quantitative estimate of drug-likeness (QED) is 0.797. The molecule has 0 heterocycles. The number of methoxy groups -OCH3 is 1. The molecule has 1 aliphatic rings. The van der Waals surface area contributed by atoms with Gasteiger partial charge in [-0.25, -0.2) is 0 Å². The highest BCUT2D eigenvalue weighted by molar-refractivity contribution is 5.95. The second-order valence-corrected chi connectivity index (χ2v) is 5.43. The van der Waals surface area contributed by atoms with Crippen molar-refractivity contribution in [1.82, 2.24) is 10.6 Å². The van der Waals surface area contributed by atoms with Crippen LogP contribution in [0.25, 0.3) is 0 Å². The number of ether oxygens (including phenoxy) is 1. The van der Waals surface area contributed by atoms with E-state index in [0.29, 0.717) is 6.54 Å². The Morgan fingerprint density at radius 3 is 2.70 bits per heavy atom. The van der Waals surface area contributed by atoms with Gasteiger partial charge in [-0.15, -0.1) is 0 Å². The summed E-state index contributed by atoms with van der Waals surface area (Å²) in [6.07, 6.45) is 4.11. The molecule has 1 amide bonds. The van der Waals surface area contributed by atoms with E-state index >= 15 is 0 Å². The molecule has 0 atom stereocenters. The van der Waals surface area contributed by atoms with Crippen LogP contribution in [0.4, 0.5) is 0 Å². The van der Waals surface area contributed by atoms with Crippen molar-refractivity contribution >= 4 is 5.91 Å². The Bertz CT molecular complexity index is 450. The maximum atomic E-state index is 12.3. The fraction of sp³-hybridized carbons (Fsp3) is 0.562. The van der Waals surface area contributed by atoms with Gasteiger partial charge < -0.3 is 15.4 Å². The molecule has 0 aromatic heterocycles. The maximum absolute atomic E-state index is 12.3. The van der Waals surface area contributed by atoms with Crippen LogP contribution >= 0.6 is 0 Å². The second kappa shape index (κ2) is 6.86. The molecule has 1 aromatic rings. The first-order valence-corrected chi connectivity index (χ1v) is 7.27. The smallest absolute Gasteiger partial charge is 0.251 e. The summed E-state index contributed by atoms with van der Waals surface area (Å²) in [5, 5.41) is 6.14. The van der Waals surface area contributed by atoms with E-state index in [0.717, 1.165) is 36.9 Å². The first-order valence-electron chi connectivity index (χ1n) is 7.27. The van der Waals surface area contributed by atoms with Crippen LogP contribution in [0.15, 0.2) is 24.3 Å². The van der Waals surface area contributed by atoms with Crippen LogP contribution < -0.4 is 10.6 Å². The Kier molecular flexibility index (Phi) is 5.15. The minimum Gasteiger partial charge on any atom is -0.376 e. The van der Waals surface area contributed by atoms with Crippen molar-refractivity contribution in [3.05, 3.63) is 35.4 Å². The van der Waals surface area contributed by atoms with Crippen LogP contribution in [0.1, 0.15) is 35.2 Å². The van der Waals surface area contributed by atoms with E-state index in [4.69, 9.17) is 4.74 Å². The molecule has 1 aromatic carbocycles. The zero-order valence-corrected chi connectivity index (χ0v) is 12.4. The molecular weight excluding hydrogens is 252 g/mol. The number of nitrogens with one attached hydrogen (secondary N) is 2. The number of carbonyl (C=O) groups excluding carboxylic acids is 1. The van der Waals surface area contributed by atoms with Gasteiger partial charge >= 0.3 is 0 Å². The number of rotatable bonds is 7. The minimum absolute atomic E-state index is 0.0000260. The van der Waals surface area contributed by atoms with Gasteiger partial charge in [0.05, 0.1) is 5.60 Å². The van der Waals surface area contributed by atoms with Crippen LogP contribution in [0.2, 0.25) is 0 Å². The van der Waals surface area contributed by atoms with E-state index in [1.165, 1.54) is 6.42 Å². The maximum Gasteiger partial charge on any atom is 0.251 e. The van der Waals surface area contributed by atoms with Crippen LogP contribution in [-0.4, -0.2) is 38.8 Å². The Labute approximate surface area is 120 Å². The number of likely N-dealkylation sites (N-methyl/N-ethyl adjacent to an activating group) is 1. The van der Waals surface area contributed by atoms with E-state index < -0.39 is 0 Å². The lowest BCUT2D eigenvalue weighted by Gasteiger charge is -2.40. The summed E-state index contributed by atoms with van der Waals surface area (Å²) in [5.74, 6) is 0.0000260. The summed E-state index contributed by atoms with van der Waals surface area (Å²) in [5.41, 5.74) is 1.73. The second-order valence-electron chi connectivity index (χ2n) is 5.43. The van der Waals surface area contributed by atoms with Crippen molar-refractivity contribution in [2.24, 2.45) is 0 Å². The summed E-state index contributed by atoms with van der Waals surface area (Å²) < 4.78 is 5.53. The lowest BCUT2D eigenvalue weighted by Crippen LogP contribution is -2.49. The zero-order valence-electron chi connectivity index (χ0n) is 12.4. The van der Waals surface area contributed by atoms with E-state index in [9.17, 15) is 4.79 Å². The average Bonchev–Trinajstić information content (AvgIpc) is 2.44. The summed E-state index contributed by atoms with van der Waals surface area (Å²) >= 11 is 0. The Morgan fingerprint density at radius 1 is 1.35 bits per heavy atom. The van der Waals surface area contributed by atoms with Gasteiger partial charge in [0.15, 0.2) is 0 Å². The number of hydrogen-bond acceptors (Lipinski definition) is 3. The topological polar surface area (TPSA) is 50.4 Å². The third kappa shape index (κ3) is 3.38. The van der Waals surface area contributed by atoms with Crippen LogP contribution in [-0.2, 0) is 11.2 Å². The molecular formula is C16H24N2O2. The molecule has 0 saturated heterocycles. The van der Waals surface area contributed by atoms with Crippen LogP contribution in [0, 0.1) is 0 Å². The Hall–Kier alpha value is -1.39. The van der Waals surface area contributed by atoms with Gasteiger partial charge in [-0.1, -0.05) is 18.2 Å². The largest absolute Gasteiger partial charge is 0.376 e. The van der Waals surface area contributed by atoms with E-state index in [2.05, 4.69) is 10.6 Å². The molecule has 4 heteroatoms. The van der Waals surface area contributed by atoms with Gasteiger partial charge in [-0.05, 0) is 50.9 Å². The molecule has 0 aliphatic heterocycles. The molecule has 0 unspecified atom stereocenters. The molecule has 110 valence electrons. The van der Waals surface area contributed by atoms with E-state index in [1.807, 2.05) is 31.3 Å². The predicted molar refractivity (Wildman–Crippen MR) is 80.0 cm³/mol. The van der Waals surface area contributed by atoms with Crippen molar-refractivity contribution in [2.75, 3.05) is 27.2 Å². The molecule has 2 rings (SSSR count). The standard InChI is InChI=1S/C16H24N2O2/c1-17-11-8-13-6-3-4-7-14(13)15(19)18-12-16(20-2)9-5-10-16/h3-4,6-7,17H,5,8-12H2,1-2H3,(H,18,19). The van der Waals surface area contributed by atoms with Crippen molar-refractivity contribution in [2.45, 2.75) is 31.3 Å². The minimum atomic E-state index is -0.129. The third-order valence-electron chi connectivity index (χ3n) is 4.18. The lowest BCUT2D eigenvalue weighted by molar-refractivity contribution is -0.0679. The molecule has 0 radical (unpaired) electrons. The highest BCUT2D eigenvalue weighted by atomic mass is 16.5. The molecule has 1 aliphatic carbocycles. The highest BCUT2D eigenvalue weighted by Crippen LogP contribution is 2.34. The molecule has 20 heavy (non-hydrogen) atoms. The summed E-state index contributed by atoms with van der Waals surface area (Å²) in [4.78, 5) is 12.3. The lowest BCUT2D eigenvalue weighted by atomic mass is 9.80. The summed E-state index contributed by atoms with van der Waals surface area (Å²) in [6, 6.07) is 7.79. The fourth-order valence-corrected chi connectivity index (χ4v) is 2.58. The summed E-state index contributed by atoms with van der Waals surface area (Å²) in [6.45, 7) is 1.47. The third-order valence-corrected chi connectivity index (χ3v) is 4.18. The van der Waals surface area contributed by atoms with Gasteiger partial charge in [-0.2, -0.15) is 0 Å². The van der Waals surface area contributed by atoms with Gasteiger partial charge in [0.2, 0.25) is 0 Å². The zero-order chi connectivity index (χ0) is 14.4. The average molecular weight is 276 g/mol. The van der Waals surface area contributed by atoms with E-state index in [1.54, 1.807) is 7.11 Å². The Morgan fingerprint density at radius 2 is 2.10 bits per heavy atom. The normalized spacial score (nSPS) is 16.5. The number of carbonyl (C=O) groups is 1. The van der Waals surface area contributed by atoms with Gasteiger partial charge in [0.1, 0.15) is 0 Å². The van der Waals surface area contributed by atoms with Gasteiger partial charge in [-0.3, -0.25) is 4.79 Å². The van der Waals surface area contributed by atoms with Crippen molar-refractivity contribution in [3.8, 4) is 0 Å². The number of amides is 1. The molecule has 2 N–H and O–H groups in total. The Balaban J connectivity index is 1.98. The fourth-order valence-electron chi connectivity index (χ4n) is 2.58. The van der Waals surface area contributed by atoms with Crippen LogP contribution in [0.3, 0.4) is 0 Å². The van der Waals surface area contributed by atoms with Crippen molar-refractivity contribution < 1.29 is 9.53 Å². The molecule has 1 fully saturated rings. The van der Waals surface area contributed by atoms with Crippen molar-refractivity contribution in [1.29, 1.82) is 0 Å². The SMILES string of the molecule is CNCCc1ccccc1C(=O)NCC1(OC)CCC1. The summed E-state index contributed by atoms with van der Waals surface area (Å²) in [7, 11) is 3.65. The molecule has 0 bridgehead atoms. The predicted octanol–water partition coefficient (Wildman–Crippen LogP) is 1.75. The monoisotopic (exact) mass is 276 g/mol. The van der Waals surface area contributed by atoms with Crippen LogP contribution in [0.5, 0.6) is 0 Å². The molecule has 1 saturated carbocycles. The highest BCUT2D eigenvalue weighted by Gasteiger charge is 2.37. The van der Waals surface area contributed by atoms with E-state index in [-0.39, 0.29) is 11.5 Å². The van der Waals surface area contributed by atoms with Gasteiger partial charge in [0, 0.05) is 19.2 Å². The first-order chi connectivity index (χ1) is 9.71. The number of hydrogen-bond donors (Lipinski definition) is 2. The first kappa shape index (κ1) is 15.0.